The van der Waals surface area contributed by atoms with Crippen LogP contribution in [0.1, 0.15) is 56.7 Å². The van der Waals surface area contributed by atoms with E-state index in [2.05, 4.69) is 63.2 Å². The van der Waals surface area contributed by atoms with Crippen LogP contribution in [0.5, 0.6) is 0 Å². The zero-order chi connectivity index (χ0) is 17.8. The first-order valence-electron chi connectivity index (χ1n) is 10.3. The van der Waals surface area contributed by atoms with Gasteiger partial charge in [0.05, 0.1) is 12.0 Å². The quantitative estimate of drug-likeness (QED) is 0.858. The number of nitrogens with one attached hydrogen (secondary N) is 1. The fourth-order valence-electron chi connectivity index (χ4n) is 5.10. The number of rotatable bonds is 6. The average molecular weight is 353 g/mol. The zero-order valence-electron chi connectivity index (χ0n) is 16.0. The van der Waals surface area contributed by atoms with Gasteiger partial charge in [-0.2, -0.15) is 0 Å². The Morgan fingerprint density at radius 2 is 1.92 bits per heavy atom. The summed E-state index contributed by atoms with van der Waals surface area (Å²) in [5.41, 5.74) is 3.09. The molecule has 1 aliphatic heterocycles. The summed E-state index contributed by atoms with van der Waals surface area (Å²) in [6.07, 6.45) is 12.3. The molecule has 4 nitrogen and oxygen atoms in total. The van der Waals surface area contributed by atoms with Gasteiger partial charge in [-0.15, -0.1) is 0 Å². The van der Waals surface area contributed by atoms with Crippen molar-refractivity contribution in [3.05, 3.63) is 54.1 Å². The second-order valence-corrected chi connectivity index (χ2v) is 8.12. The van der Waals surface area contributed by atoms with Crippen molar-refractivity contribution in [2.75, 3.05) is 13.1 Å². The van der Waals surface area contributed by atoms with Crippen molar-refractivity contribution in [1.29, 1.82) is 0 Å². The molecule has 1 N–H and O–H groups in total. The van der Waals surface area contributed by atoms with Crippen LogP contribution in [0.3, 0.4) is 0 Å². The number of likely N-dealkylation sites (tertiary alicyclic amines) is 1. The van der Waals surface area contributed by atoms with Crippen LogP contribution in [-0.2, 0) is 13.1 Å². The van der Waals surface area contributed by atoms with E-state index in [0.29, 0.717) is 11.6 Å². The maximum atomic E-state index is 4.47. The molecule has 0 bridgehead atoms. The Morgan fingerprint density at radius 1 is 1.12 bits per heavy atom. The van der Waals surface area contributed by atoms with Crippen LogP contribution >= 0.6 is 0 Å². The molecule has 1 spiro atoms. The molecule has 2 aromatic rings. The zero-order valence-corrected chi connectivity index (χ0v) is 16.0. The van der Waals surface area contributed by atoms with E-state index in [1.54, 1.807) is 0 Å². The Kier molecular flexibility index (Phi) is 5.41. The van der Waals surface area contributed by atoms with Crippen molar-refractivity contribution >= 4 is 0 Å². The van der Waals surface area contributed by atoms with Crippen molar-refractivity contribution in [1.82, 2.24) is 19.8 Å². The van der Waals surface area contributed by atoms with Crippen molar-refractivity contribution < 1.29 is 0 Å². The van der Waals surface area contributed by atoms with E-state index in [4.69, 9.17) is 0 Å². The van der Waals surface area contributed by atoms with Gasteiger partial charge in [-0.3, -0.25) is 4.90 Å². The number of nitrogens with zero attached hydrogens (tertiary/aromatic N) is 3. The van der Waals surface area contributed by atoms with E-state index >= 15 is 0 Å². The van der Waals surface area contributed by atoms with E-state index in [-0.39, 0.29) is 0 Å². The number of benzene rings is 1. The van der Waals surface area contributed by atoms with Crippen molar-refractivity contribution in [3.8, 4) is 0 Å². The van der Waals surface area contributed by atoms with Gasteiger partial charge in [0, 0.05) is 37.4 Å². The molecule has 4 heteroatoms. The normalized spacial score (nSPS) is 22.9. The first-order valence-corrected chi connectivity index (χ1v) is 10.3. The summed E-state index contributed by atoms with van der Waals surface area (Å²) in [6, 6.07) is 11.3. The molecule has 1 atom stereocenters. The van der Waals surface area contributed by atoms with E-state index in [9.17, 15) is 0 Å². The second-order valence-electron chi connectivity index (χ2n) is 8.12. The van der Waals surface area contributed by atoms with Crippen LogP contribution in [0.25, 0.3) is 0 Å². The highest BCUT2D eigenvalue weighted by Crippen LogP contribution is 2.42. The van der Waals surface area contributed by atoms with Crippen LogP contribution in [0.2, 0.25) is 0 Å². The van der Waals surface area contributed by atoms with Gasteiger partial charge >= 0.3 is 0 Å². The third-order valence-electron chi connectivity index (χ3n) is 6.36. The van der Waals surface area contributed by atoms with Crippen molar-refractivity contribution in [2.24, 2.45) is 0 Å². The fourth-order valence-corrected chi connectivity index (χ4v) is 5.10. The predicted molar refractivity (Wildman–Crippen MR) is 106 cm³/mol. The molecule has 1 aromatic carbocycles. The number of aromatic nitrogens is 2. The summed E-state index contributed by atoms with van der Waals surface area (Å²) in [5.74, 6) is 0. The monoisotopic (exact) mass is 352 g/mol. The number of hydrogen-bond donors (Lipinski definition) is 1. The maximum Gasteiger partial charge on any atom is 0.0951 e. The standard InChI is InChI=1S/C22H32N4/c1-2-24-20-13-22(11-7-4-8-12-22)26(16-20)17-21-14-23-18-25(21)15-19-9-5-3-6-10-19/h3,5-6,9-10,14,18,20,24H,2,4,7-8,11-13,15-17H2,1H3/t20-/m0/s1. The molecule has 140 valence electrons. The van der Waals surface area contributed by atoms with Gasteiger partial charge in [0.25, 0.3) is 0 Å². The topological polar surface area (TPSA) is 33.1 Å². The van der Waals surface area contributed by atoms with Gasteiger partial charge < -0.3 is 9.88 Å². The number of likely N-dealkylation sites (N-methyl/N-ethyl adjacent to an activating group) is 1. The minimum atomic E-state index is 0.410. The van der Waals surface area contributed by atoms with Gasteiger partial charge in [-0.25, -0.2) is 4.98 Å². The molecule has 1 aromatic heterocycles. The minimum absolute atomic E-state index is 0.410. The van der Waals surface area contributed by atoms with Crippen LogP contribution < -0.4 is 5.32 Å². The molecule has 0 amide bonds. The lowest BCUT2D eigenvalue weighted by molar-refractivity contribution is 0.0837. The highest BCUT2D eigenvalue weighted by atomic mass is 15.3. The summed E-state index contributed by atoms with van der Waals surface area (Å²) in [4.78, 5) is 7.25. The second kappa shape index (κ2) is 7.93. The van der Waals surface area contributed by atoms with Crippen LogP contribution in [0, 0.1) is 0 Å². The predicted octanol–water partition coefficient (Wildman–Crippen LogP) is 3.82. The first-order chi connectivity index (χ1) is 12.8. The fraction of sp³-hybridized carbons (Fsp3) is 0.591. The smallest absolute Gasteiger partial charge is 0.0951 e. The largest absolute Gasteiger partial charge is 0.329 e. The van der Waals surface area contributed by atoms with Gasteiger partial charge in [-0.05, 0) is 31.4 Å². The highest BCUT2D eigenvalue weighted by Gasteiger charge is 2.45. The Bertz CT molecular complexity index is 687. The third-order valence-corrected chi connectivity index (χ3v) is 6.36. The Labute approximate surface area is 157 Å². The molecule has 26 heavy (non-hydrogen) atoms. The molecule has 2 fully saturated rings. The van der Waals surface area contributed by atoms with Gasteiger partial charge in [0.15, 0.2) is 0 Å². The van der Waals surface area contributed by atoms with E-state index in [1.807, 2.05) is 6.33 Å². The Hall–Kier alpha value is -1.65. The van der Waals surface area contributed by atoms with E-state index < -0.39 is 0 Å². The number of imidazole rings is 1. The highest BCUT2D eigenvalue weighted by molar-refractivity contribution is 5.16. The third kappa shape index (κ3) is 3.72. The lowest BCUT2D eigenvalue weighted by Crippen LogP contribution is -2.45. The average Bonchev–Trinajstić information content (AvgIpc) is 3.22. The molecular weight excluding hydrogens is 320 g/mol. The molecule has 0 unspecified atom stereocenters. The number of hydrogen-bond acceptors (Lipinski definition) is 3. The van der Waals surface area contributed by atoms with Crippen LogP contribution in [0.15, 0.2) is 42.9 Å². The van der Waals surface area contributed by atoms with E-state index in [0.717, 1.165) is 19.6 Å². The molecule has 1 aliphatic carbocycles. The summed E-state index contributed by atoms with van der Waals surface area (Å²) >= 11 is 0. The van der Waals surface area contributed by atoms with Crippen LogP contribution in [-0.4, -0.2) is 39.1 Å². The minimum Gasteiger partial charge on any atom is -0.329 e. The van der Waals surface area contributed by atoms with E-state index in [1.165, 1.54) is 56.3 Å². The molecule has 1 saturated carbocycles. The van der Waals surface area contributed by atoms with Crippen molar-refractivity contribution in [2.45, 2.75) is 70.1 Å². The molecule has 1 saturated heterocycles. The first kappa shape index (κ1) is 17.7. The van der Waals surface area contributed by atoms with Gasteiger partial charge in [0.2, 0.25) is 0 Å². The van der Waals surface area contributed by atoms with Gasteiger partial charge in [-0.1, -0.05) is 56.5 Å². The lowest BCUT2D eigenvalue weighted by Gasteiger charge is -2.41. The van der Waals surface area contributed by atoms with Gasteiger partial charge in [0.1, 0.15) is 0 Å². The summed E-state index contributed by atoms with van der Waals surface area (Å²) in [6.45, 7) is 6.40. The summed E-state index contributed by atoms with van der Waals surface area (Å²) in [7, 11) is 0. The van der Waals surface area contributed by atoms with Crippen molar-refractivity contribution in [3.63, 3.8) is 0 Å². The Morgan fingerprint density at radius 3 is 2.69 bits per heavy atom. The molecule has 2 aliphatic rings. The lowest BCUT2D eigenvalue weighted by atomic mass is 9.79. The Balaban J connectivity index is 1.51. The summed E-state index contributed by atoms with van der Waals surface area (Å²) < 4.78 is 2.33. The SMILES string of the molecule is CCN[C@@H]1CN(Cc2cncn2Cc2ccccc2)C2(CCCCC2)C1. The molecule has 2 heterocycles. The molecular formula is C22H32N4. The summed E-state index contributed by atoms with van der Waals surface area (Å²) in [5, 5.41) is 3.72. The molecule has 0 radical (unpaired) electrons. The molecule has 4 rings (SSSR count). The van der Waals surface area contributed by atoms with Crippen LogP contribution in [0.4, 0.5) is 0 Å². The maximum absolute atomic E-state index is 4.47.